The summed E-state index contributed by atoms with van der Waals surface area (Å²) in [6.07, 6.45) is 3.68. The van der Waals surface area contributed by atoms with Crippen LogP contribution in [0.2, 0.25) is 0 Å². The van der Waals surface area contributed by atoms with E-state index >= 15 is 0 Å². The molecule has 0 amide bonds. The Bertz CT molecular complexity index is 485. The number of aliphatic hydroxyl groups is 1. The normalized spacial score (nSPS) is 22.0. The fourth-order valence-corrected chi connectivity index (χ4v) is 2.74. The highest BCUT2D eigenvalue weighted by molar-refractivity contribution is 5.42. The second-order valence-corrected chi connectivity index (χ2v) is 5.60. The lowest BCUT2D eigenvalue weighted by Gasteiger charge is -2.25. The number of rotatable bonds is 6. The molecule has 0 aromatic heterocycles. The van der Waals surface area contributed by atoms with Gasteiger partial charge in [-0.3, -0.25) is 10.1 Å². The number of ether oxygens (including phenoxy) is 1. The Balaban J connectivity index is 1.87. The first-order valence-electron chi connectivity index (χ1n) is 7.29. The molecule has 0 radical (unpaired) electrons. The van der Waals surface area contributed by atoms with Crippen molar-refractivity contribution in [3.05, 3.63) is 33.9 Å². The average molecular weight is 294 g/mol. The predicted molar refractivity (Wildman–Crippen MR) is 79.3 cm³/mol. The molecule has 6 nitrogen and oxygen atoms in total. The average Bonchev–Trinajstić information content (AvgIpc) is 2.49. The Kier molecular flexibility index (Phi) is 5.52. The van der Waals surface area contributed by atoms with Gasteiger partial charge in [0, 0.05) is 12.6 Å². The van der Waals surface area contributed by atoms with Crippen LogP contribution in [0.25, 0.3) is 0 Å². The minimum absolute atomic E-state index is 0.0481. The Morgan fingerprint density at radius 1 is 1.33 bits per heavy atom. The van der Waals surface area contributed by atoms with Crippen LogP contribution >= 0.6 is 0 Å². The molecule has 6 heteroatoms. The van der Waals surface area contributed by atoms with E-state index in [0.29, 0.717) is 18.2 Å². The van der Waals surface area contributed by atoms with Crippen molar-refractivity contribution >= 4 is 5.69 Å². The van der Waals surface area contributed by atoms with E-state index in [0.717, 1.165) is 37.8 Å². The summed E-state index contributed by atoms with van der Waals surface area (Å²) >= 11 is 0. The van der Waals surface area contributed by atoms with Crippen molar-refractivity contribution in [3.8, 4) is 5.75 Å². The Hall–Kier alpha value is -1.66. The van der Waals surface area contributed by atoms with Crippen LogP contribution in [0.15, 0.2) is 18.2 Å². The van der Waals surface area contributed by atoms with Gasteiger partial charge in [0.05, 0.1) is 24.2 Å². The summed E-state index contributed by atoms with van der Waals surface area (Å²) in [4.78, 5) is 10.5. The fourth-order valence-electron chi connectivity index (χ4n) is 2.74. The molecule has 0 saturated heterocycles. The van der Waals surface area contributed by atoms with Gasteiger partial charge in [-0.25, -0.2) is 0 Å². The number of benzene rings is 1. The zero-order valence-corrected chi connectivity index (χ0v) is 12.2. The lowest BCUT2D eigenvalue weighted by Crippen LogP contribution is -2.27. The van der Waals surface area contributed by atoms with E-state index in [1.165, 1.54) is 13.2 Å². The van der Waals surface area contributed by atoms with Crippen LogP contribution in [-0.2, 0) is 6.54 Å². The number of hydrogen-bond donors (Lipinski definition) is 2. The summed E-state index contributed by atoms with van der Waals surface area (Å²) < 4.78 is 5.09. The third-order valence-electron chi connectivity index (χ3n) is 3.98. The Morgan fingerprint density at radius 2 is 2.05 bits per heavy atom. The maximum absolute atomic E-state index is 10.9. The zero-order valence-electron chi connectivity index (χ0n) is 12.2. The quantitative estimate of drug-likeness (QED) is 0.621. The van der Waals surface area contributed by atoms with Gasteiger partial charge in [-0.05, 0) is 49.8 Å². The standard InChI is InChI=1S/C15H22N2O4/c1-21-15-7-12(6-13(8-15)17(19)20)10-16-9-11-2-4-14(18)5-3-11/h6-8,11,14,16,18H,2-5,9-10H2,1H3. The molecule has 1 fully saturated rings. The van der Waals surface area contributed by atoms with Crippen LogP contribution in [0, 0.1) is 16.0 Å². The van der Waals surface area contributed by atoms with Gasteiger partial charge in [-0.2, -0.15) is 0 Å². The molecular weight excluding hydrogens is 272 g/mol. The van der Waals surface area contributed by atoms with Gasteiger partial charge in [-0.15, -0.1) is 0 Å². The molecule has 2 rings (SSSR count). The van der Waals surface area contributed by atoms with Crippen molar-refractivity contribution in [2.24, 2.45) is 5.92 Å². The summed E-state index contributed by atoms with van der Waals surface area (Å²) in [6, 6.07) is 4.80. The molecule has 1 aliphatic rings. The molecular formula is C15H22N2O4. The molecule has 0 unspecified atom stereocenters. The molecule has 2 N–H and O–H groups in total. The SMILES string of the molecule is COc1cc(CNCC2CCC(O)CC2)cc([N+](=O)[O-])c1. The molecule has 0 bridgehead atoms. The number of non-ortho nitro benzene ring substituents is 1. The lowest BCUT2D eigenvalue weighted by atomic mass is 9.87. The first-order valence-corrected chi connectivity index (χ1v) is 7.29. The highest BCUT2D eigenvalue weighted by Gasteiger charge is 2.19. The summed E-state index contributed by atoms with van der Waals surface area (Å²) in [7, 11) is 1.50. The molecule has 0 heterocycles. The van der Waals surface area contributed by atoms with E-state index in [2.05, 4.69) is 5.32 Å². The molecule has 0 spiro atoms. The topological polar surface area (TPSA) is 84.6 Å². The van der Waals surface area contributed by atoms with Gasteiger partial charge in [0.25, 0.3) is 5.69 Å². The molecule has 0 aliphatic heterocycles. The van der Waals surface area contributed by atoms with Gasteiger partial charge in [0.2, 0.25) is 0 Å². The first-order chi connectivity index (χ1) is 10.1. The fraction of sp³-hybridized carbons (Fsp3) is 0.600. The third kappa shape index (κ3) is 4.68. The Morgan fingerprint density at radius 3 is 2.67 bits per heavy atom. The van der Waals surface area contributed by atoms with Crippen LogP contribution < -0.4 is 10.1 Å². The highest BCUT2D eigenvalue weighted by atomic mass is 16.6. The largest absolute Gasteiger partial charge is 0.496 e. The number of nitrogens with zero attached hydrogens (tertiary/aromatic N) is 1. The van der Waals surface area contributed by atoms with Gasteiger partial charge >= 0.3 is 0 Å². The third-order valence-corrected chi connectivity index (χ3v) is 3.98. The van der Waals surface area contributed by atoms with Gasteiger partial charge in [0.1, 0.15) is 5.75 Å². The number of nitrogens with one attached hydrogen (secondary N) is 1. The van der Waals surface area contributed by atoms with Crippen molar-refractivity contribution < 1.29 is 14.8 Å². The van der Waals surface area contributed by atoms with Crippen molar-refractivity contribution in [2.45, 2.75) is 38.3 Å². The number of hydrogen-bond acceptors (Lipinski definition) is 5. The van der Waals surface area contributed by atoms with Crippen LogP contribution in [0.3, 0.4) is 0 Å². The van der Waals surface area contributed by atoms with E-state index in [1.807, 2.05) is 6.07 Å². The molecule has 1 aromatic rings. The van der Waals surface area contributed by atoms with Crippen molar-refractivity contribution in [1.29, 1.82) is 0 Å². The van der Waals surface area contributed by atoms with Crippen LogP contribution in [0.4, 0.5) is 5.69 Å². The summed E-state index contributed by atoms with van der Waals surface area (Å²) in [5.41, 5.74) is 0.892. The van der Waals surface area contributed by atoms with Crippen molar-refractivity contribution in [3.63, 3.8) is 0 Å². The minimum atomic E-state index is -0.408. The minimum Gasteiger partial charge on any atom is -0.496 e. The van der Waals surface area contributed by atoms with Gasteiger partial charge in [0.15, 0.2) is 0 Å². The molecule has 116 valence electrons. The van der Waals surface area contributed by atoms with E-state index in [9.17, 15) is 15.2 Å². The molecule has 1 aromatic carbocycles. The number of nitro groups is 1. The predicted octanol–water partition coefficient (Wildman–Crippen LogP) is 2.24. The smallest absolute Gasteiger partial charge is 0.273 e. The van der Waals surface area contributed by atoms with E-state index in [-0.39, 0.29) is 11.8 Å². The molecule has 1 saturated carbocycles. The lowest BCUT2D eigenvalue weighted by molar-refractivity contribution is -0.385. The van der Waals surface area contributed by atoms with Crippen molar-refractivity contribution in [1.82, 2.24) is 5.32 Å². The molecule has 0 atom stereocenters. The summed E-state index contributed by atoms with van der Waals surface area (Å²) in [6.45, 7) is 1.45. The van der Waals surface area contributed by atoms with E-state index < -0.39 is 4.92 Å². The van der Waals surface area contributed by atoms with Crippen molar-refractivity contribution in [2.75, 3.05) is 13.7 Å². The zero-order chi connectivity index (χ0) is 15.2. The number of nitro benzene ring substituents is 1. The monoisotopic (exact) mass is 294 g/mol. The second kappa shape index (κ2) is 7.38. The molecule has 21 heavy (non-hydrogen) atoms. The van der Waals surface area contributed by atoms with Crippen LogP contribution in [0.1, 0.15) is 31.2 Å². The maximum atomic E-state index is 10.9. The van der Waals surface area contributed by atoms with Gasteiger partial charge < -0.3 is 15.2 Å². The summed E-state index contributed by atoms with van der Waals surface area (Å²) in [5, 5.41) is 23.7. The maximum Gasteiger partial charge on any atom is 0.273 e. The number of methoxy groups -OCH3 is 1. The van der Waals surface area contributed by atoms with Gasteiger partial charge in [-0.1, -0.05) is 0 Å². The number of aliphatic hydroxyl groups excluding tert-OH is 1. The van der Waals surface area contributed by atoms with E-state index in [4.69, 9.17) is 4.74 Å². The van der Waals surface area contributed by atoms with Crippen LogP contribution in [-0.4, -0.2) is 29.8 Å². The first kappa shape index (κ1) is 15.7. The Labute approximate surface area is 124 Å². The summed E-state index contributed by atoms with van der Waals surface area (Å²) in [5.74, 6) is 1.08. The highest BCUT2D eigenvalue weighted by Crippen LogP contribution is 2.24. The molecule has 1 aliphatic carbocycles. The van der Waals surface area contributed by atoms with Crippen LogP contribution in [0.5, 0.6) is 5.75 Å². The second-order valence-electron chi connectivity index (χ2n) is 5.60. The van der Waals surface area contributed by atoms with E-state index in [1.54, 1.807) is 6.07 Å².